The zero-order valence-corrected chi connectivity index (χ0v) is 17.2. The molecule has 27 heavy (non-hydrogen) atoms. The Hall–Kier alpha value is -2.73. The van der Waals surface area contributed by atoms with Gasteiger partial charge in [0.05, 0.1) is 0 Å². The summed E-state index contributed by atoms with van der Waals surface area (Å²) in [7, 11) is 0. The zero-order valence-electron chi connectivity index (χ0n) is 14.9. The summed E-state index contributed by atoms with van der Waals surface area (Å²) in [5, 5.41) is 15.9. The van der Waals surface area contributed by atoms with Gasteiger partial charge in [-0.3, -0.25) is 0 Å². The first-order valence-corrected chi connectivity index (χ1v) is 8.33. The molecule has 0 aliphatic heterocycles. The molecule has 0 N–H and O–H groups in total. The molecule has 4 rings (SSSR count). The Morgan fingerprint density at radius 1 is 0.667 bits per heavy atom. The Labute approximate surface area is 171 Å². The Morgan fingerprint density at radius 3 is 1.33 bits per heavy atom. The molecule has 0 saturated carbocycles. The Bertz CT molecular complexity index is 843. The maximum Gasteiger partial charge on any atom is 2.00 e. The Kier molecular flexibility index (Phi) is 7.95. The second-order valence-electron chi connectivity index (χ2n) is 5.29. The van der Waals surface area contributed by atoms with Gasteiger partial charge in [-0.25, -0.2) is 19.9 Å². The van der Waals surface area contributed by atoms with Crippen molar-refractivity contribution in [3.8, 4) is 23.0 Å². The first-order valence-electron chi connectivity index (χ1n) is 8.33. The predicted octanol–water partition coefficient (Wildman–Crippen LogP) is 2.11. The maximum absolute atomic E-state index is 4.08. The molecule has 0 aliphatic carbocycles. The van der Waals surface area contributed by atoms with E-state index in [0.717, 1.165) is 35.6 Å². The van der Waals surface area contributed by atoms with E-state index in [-0.39, 0.29) is 21.1 Å². The molecule has 9 heteroatoms. The van der Waals surface area contributed by atoms with Crippen molar-refractivity contribution >= 4 is 0 Å². The van der Waals surface area contributed by atoms with Crippen molar-refractivity contribution in [3.05, 3.63) is 60.4 Å². The summed E-state index contributed by atoms with van der Waals surface area (Å²) in [4.78, 5) is 16.3. The van der Waals surface area contributed by atoms with E-state index in [9.17, 15) is 0 Å². The molecule has 0 unspecified atom stereocenters. The zero-order chi connectivity index (χ0) is 18.2. The van der Waals surface area contributed by atoms with Crippen molar-refractivity contribution in [3.63, 3.8) is 0 Å². The fourth-order valence-electron chi connectivity index (χ4n) is 2.09. The third kappa shape index (κ3) is 5.62. The van der Waals surface area contributed by atoms with Crippen LogP contribution in [0.4, 0.5) is 0 Å². The molecule has 0 amide bonds. The van der Waals surface area contributed by atoms with Crippen molar-refractivity contribution in [2.45, 2.75) is 26.7 Å². The first-order chi connectivity index (χ1) is 12.8. The minimum Gasteiger partial charge on any atom is -0.572 e. The van der Waals surface area contributed by atoms with Gasteiger partial charge in [0.2, 0.25) is 0 Å². The van der Waals surface area contributed by atoms with Gasteiger partial charge in [0.25, 0.3) is 0 Å². The summed E-state index contributed by atoms with van der Waals surface area (Å²) in [6.07, 6.45) is 8.57. The minimum atomic E-state index is 0. The van der Waals surface area contributed by atoms with Gasteiger partial charge in [0.15, 0.2) is 0 Å². The van der Waals surface area contributed by atoms with Crippen molar-refractivity contribution in [2.75, 3.05) is 0 Å². The summed E-state index contributed by atoms with van der Waals surface area (Å²) in [5.41, 5.74) is 3.44. The van der Waals surface area contributed by atoms with E-state index >= 15 is 0 Å². The molecule has 0 fully saturated rings. The standard InChI is InChI=1S/2C9H9N4.Pt/c2*1-2-7-6-8(13-12-7)9-10-4-3-5-11-9;/h2*3-6H,2H2,1H3;/q2*-1;+2. The summed E-state index contributed by atoms with van der Waals surface area (Å²) in [5.74, 6) is 1.27. The van der Waals surface area contributed by atoms with Gasteiger partial charge in [-0.05, 0) is 25.0 Å². The number of nitrogens with zero attached hydrogens (tertiary/aromatic N) is 8. The number of rotatable bonds is 4. The van der Waals surface area contributed by atoms with Gasteiger partial charge in [-0.1, -0.05) is 37.4 Å². The molecule has 140 valence electrons. The molecule has 0 spiro atoms. The van der Waals surface area contributed by atoms with Crippen LogP contribution in [0.15, 0.2) is 49.1 Å². The van der Waals surface area contributed by atoms with Crippen LogP contribution in [0.1, 0.15) is 25.2 Å². The average Bonchev–Trinajstić information content (AvgIpc) is 3.39. The van der Waals surface area contributed by atoms with Crippen LogP contribution >= 0.6 is 0 Å². The topological polar surface area (TPSA) is 106 Å². The second-order valence-corrected chi connectivity index (χ2v) is 5.29. The Morgan fingerprint density at radius 2 is 1.04 bits per heavy atom. The van der Waals surface area contributed by atoms with Crippen LogP contribution < -0.4 is 10.2 Å². The second kappa shape index (κ2) is 10.4. The van der Waals surface area contributed by atoms with Crippen molar-refractivity contribution in [1.82, 2.24) is 40.3 Å². The fraction of sp³-hybridized carbons (Fsp3) is 0.222. The van der Waals surface area contributed by atoms with Crippen molar-refractivity contribution < 1.29 is 21.1 Å². The van der Waals surface area contributed by atoms with E-state index in [1.54, 1.807) is 36.9 Å². The molecule has 0 saturated heterocycles. The third-order valence-electron chi connectivity index (χ3n) is 3.49. The van der Waals surface area contributed by atoms with Crippen LogP contribution in [0, 0.1) is 0 Å². The average molecular weight is 541 g/mol. The molecule has 4 heterocycles. The van der Waals surface area contributed by atoms with Crippen LogP contribution in [0.5, 0.6) is 0 Å². The Balaban J connectivity index is 0.000000187. The van der Waals surface area contributed by atoms with Crippen LogP contribution in [0.3, 0.4) is 0 Å². The summed E-state index contributed by atoms with van der Waals surface area (Å²) in [6.45, 7) is 4.08. The van der Waals surface area contributed by atoms with Gasteiger partial charge >= 0.3 is 21.1 Å². The number of hydrogen-bond acceptors (Lipinski definition) is 6. The van der Waals surface area contributed by atoms with Gasteiger partial charge in [-0.2, -0.15) is 0 Å². The molecule has 4 aromatic rings. The van der Waals surface area contributed by atoms with Crippen molar-refractivity contribution in [1.29, 1.82) is 0 Å². The number of aromatic nitrogens is 8. The van der Waals surface area contributed by atoms with E-state index in [4.69, 9.17) is 0 Å². The summed E-state index contributed by atoms with van der Waals surface area (Å²) >= 11 is 0. The van der Waals surface area contributed by atoms with Crippen LogP contribution in [-0.4, -0.2) is 30.1 Å². The summed E-state index contributed by atoms with van der Waals surface area (Å²) < 4.78 is 0. The van der Waals surface area contributed by atoms with E-state index in [2.05, 4.69) is 40.3 Å². The molecular formula is C18H18N8Pt. The van der Waals surface area contributed by atoms with E-state index in [0.29, 0.717) is 11.6 Å². The normalized spacial score (nSPS) is 9.85. The molecular weight excluding hydrogens is 523 g/mol. The fourth-order valence-corrected chi connectivity index (χ4v) is 2.09. The minimum absolute atomic E-state index is 0. The predicted molar refractivity (Wildman–Crippen MR) is 95.9 cm³/mol. The molecule has 0 aliphatic rings. The monoisotopic (exact) mass is 541 g/mol. The van der Waals surface area contributed by atoms with E-state index < -0.39 is 0 Å². The van der Waals surface area contributed by atoms with Crippen LogP contribution in [0.25, 0.3) is 23.0 Å². The number of aryl methyl sites for hydroxylation is 2. The molecule has 0 radical (unpaired) electrons. The van der Waals surface area contributed by atoms with E-state index in [1.165, 1.54) is 0 Å². The molecule has 0 atom stereocenters. The largest absolute Gasteiger partial charge is 2.00 e. The van der Waals surface area contributed by atoms with Crippen LogP contribution in [-0.2, 0) is 33.9 Å². The van der Waals surface area contributed by atoms with Crippen molar-refractivity contribution in [2.24, 2.45) is 0 Å². The molecule has 0 aromatic carbocycles. The molecule has 0 bridgehead atoms. The van der Waals surface area contributed by atoms with Crippen LogP contribution in [0.2, 0.25) is 0 Å². The molecule has 4 aromatic heterocycles. The van der Waals surface area contributed by atoms with Gasteiger partial charge in [0.1, 0.15) is 11.6 Å². The summed E-state index contributed by atoms with van der Waals surface area (Å²) in [6, 6.07) is 7.38. The van der Waals surface area contributed by atoms with Gasteiger partial charge in [-0.15, -0.1) is 0 Å². The van der Waals surface area contributed by atoms with Gasteiger partial charge < -0.3 is 20.4 Å². The first kappa shape index (κ1) is 20.6. The maximum atomic E-state index is 4.08. The quantitative estimate of drug-likeness (QED) is 0.387. The molecule has 8 nitrogen and oxygen atoms in total. The van der Waals surface area contributed by atoms with Gasteiger partial charge in [0, 0.05) is 36.2 Å². The number of hydrogen-bond donors (Lipinski definition) is 0. The SMILES string of the molecule is CCc1cc(-c2ncccn2)[n-]n1.CCc1cc(-c2ncccn2)[n-]n1.[Pt+2]. The third-order valence-corrected chi connectivity index (χ3v) is 3.49. The smallest absolute Gasteiger partial charge is 0.572 e. The van der Waals surface area contributed by atoms with E-state index in [1.807, 2.05) is 26.0 Å².